The molecule has 0 aromatic heterocycles. The number of hydrogen-bond donors (Lipinski definition) is 2. The molecule has 3 aromatic carbocycles. The summed E-state index contributed by atoms with van der Waals surface area (Å²) in [7, 11) is 1.50. The van der Waals surface area contributed by atoms with Gasteiger partial charge in [0.05, 0.1) is 36.2 Å². The number of halogens is 7. The largest absolute Gasteiger partial charge is 0.416 e. The van der Waals surface area contributed by atoms with E-state index in [9.17, 15) is 45.4 Å². The van der Waals surface area contributed by atoms with Gasteiger partial charge in [0.1, 0.15) is 5.82 Å². The summed E-state index contributed by atoms with van der Waals surface area (Å²) in [5, 5.41) is 12.4. The maximum absolute atomic E-state index is 13.6. The number of aliphatic hydroxyl groups is 1. The van der Waals surface area contributed by atoms with Crippen LogP contribution in [0.2, 0.25) is 0 Å². The summed E-state index contributed by atoms with van der Waals surface area (Å²) >= 11 is 0. The average molecular weight is 654 g/mol. The Morgan fingerprint density at radius 2 is 1.46 bits per heavy atom. The predicted molar refractivity (Wildman–Crippen MR) is 157 cm³/mol. The van der Waals surface area contributed by atoms with Crippen LogP contribution >= 0.6 is 0 Å². The highest BCUT2D eigenvalue weighted by atomic mass is 19.4. The fraction of sp³-hybridized carbons (Fsp3) is 0.394. The van der Waals surface area contributed by atoms with Gasteiger partial charge in [-0.2, -0.15) is 26.3 Å². The molecule has 0 spiro atoms. The second-order valence-corrected chi connectivity index (χ2v) is 11.4. The van der Waals surface area contributed by atoms with Crippen LogP contribution in [0.5, 0.6) is 0 Å². The van der Waals surface area contributed by atoms with Crippen LogP contribution in [0, 0.1) is 5.82 Å². The molecule has 1 aliphatic carbocycles. The Hall–Kier alpha value is -3.97. The lowest BCUT2D eigenvalue weighted by Crippen LogP contribution is -2.53. The molecule has 2 N–H and O–H groups in total. The summed E-state index contributed by atoms with van der Waals surface area (Å²) in [5.74, 6) is -1.47. The van der Waals surface area contributed by atoms with Gasteiger partial charge in [0, 0.05) is 25.3 Å². The van der Waals surface area contributed by atoms with E-state index in [0.717, 1.165) is 5.56 Å². The van der Waals surface area contributed by atoms with Crippen molar-refractivity contribution in [1.29, 1.82) is 0 Å². The summed E-state index contributed by atoms with van der Waals surface area (Å²) in [5.41, 5.74) is -3.14. The molecular weight excluding hydrogens is 619 g/mol. The first kappa shape index (κ1) is 34.9. The number of nitrogens with zero attached hydrogens (tertiary/aromatic N) is 2. The standard InChI is InChI=1S/C33H34F7N3O3/c1-42(30(46)19-22-17-24(32(35,36)37)20-25(18-22)33(38,39)40)31(23-5-3-2-4-6-23)13-11-28(12-14-31)43(15-16-44)21-29(45)41-27-9-7-26(34)8-10-27/h2-10,17-18,20,28,44H,11-16,19,21H2,1H3,(H,41,45)/t28-,31-. The lowest BCUT2D eigenvalue weighted by atomic mass is 9.73. The van der Waals surface area contributed by atoms with E-state index in [0.29, 0.717) is 43.5 Å². The van der Waals surface area contributed by atoms with Gasteiger partial charge in [-0.15, -0.1) is 0 Å². The van der Waals surface area contributed by atoms with E-state index in [2.05, 4.69) is 5.32 Å². The SMILES string of the molecule is CN(C(=O)Cc1cc(C(F)(F)F)cc(C(F)(F)F)c1)[C@]1(c2ccccc2)CC[C@@H](N(CCO)CC(=O)Nc2ccc(F)cc2)CC1. The minimum atomic E-state index is -5.04. The fourth-order valence-corrected chi connectivity index (χ4v) is 6.10. The van der Waals surface area contributed by atoms with E-state index in [1.54, 1.807) is 18.2 Å². The highest BCUT2D eigenvalue weighted by molar-refractivity contribution is 5.92. The quantitative estimate of drug-likeness (QED) is 0.241. The molecule has 0 bridgehead atoms. The van der Waals surface area contributed by atoms with Crippen molar-refractivity contribution in [3.05, 3.63) is 101 Å². The zero-order chi connectivity index (χ0) is 33.7. The number of alkyl halides is 6. The molecule has 0 aliphatic heterocycles. The third-order valence-electron chi connectivity index (χ3n) is 8.49. The second kappa shape index (κ2) is 14.2. The summed E-state index contributed by atoms with van der Waals surface area (Å²) < 4.78 is 93.9. The summed E-state index contributed by atoms with van der Waals surface area (Å²) in [6, 6.07) is 15.2. The number of likely N-dealkylation sites (N-methyl/N-ethyl adjacent to an activating group) is 1. The number of rotatable bonds is 10. The third kappa shape index (κ3) is 8.43. The van der Waals surface area contributed by atoms with Crippen molar-refractivity contribution in [2.75, 3.05) is 32.1 Å². The number of nitrogens with one attached hydrogen (secondary N) is 1. The number of carbonyl (C=O) groups is 2. The smallest absolute Gasteiger partial charge is 0.395 e. The van der Waals surface area contributed by atoms with E-state index in [-0.39, 0.29) is 37.7 Å². The maximum atomic E-state index is 13.6. The average Bonchev–Trinajstić information content (AvgIpc) is 3.01. The minimum Gasteiger partial charge on any atom is -0.395 e. The summed E-state index contributed by atoms with van der Waals surface area (Å²) in [4.78, 5) is 29.6. The van der Waals surface area contributed by atoms with Crippen molar-refractivity contribution in [3.63, 3.8) is 0 Å². The van der Waals surface area contributed by atoms with Crippen molar-refractivity contribution < 1.29 is 45.4 Å². The molecule has 4 rings (SSSR count). The van der Waals surface area contributed by atoms with Gasteiger partial charge in [0.15, 0.2) is 0 Å². The zero-order valence-electron chi connectivity index (χ0n) is 25.0. The first-order chi connectivity index (χ1) is 21.6. The van der Waals surface area contributed by atoms with Gasteiger partial charge in [0.2, 0.25) is 11.8 Å². The highest BCUT2D eigenvalue weighted by Crippen LogP contribution is 2.43. The van der Waals surface area contributed by atoms with Crippen LogP contribution in [0.1, 0.15) is 47.9 Å². The molecule has 0 radical (unpaired) electrons. The molecule has 0 saturated heterocycles. The van der Waals surface area contributed by atoms with Gasteiger partial charge in [-0.3, -0.25) is 14.5 Å². The molecule has 3 aromatic rings. The molecule has 0 atom stereocenters. The van der Waals surface area contributed by atoms with Gasteiger partial charge < -0.3 is 15.3 Å². The van der Waals surface area contributed by atoms with Crippen molar-refractivity contribution in [2.24, 2.45) is 0 Å². The lowest BCUT2D eigenvalue weighted by Gasteiger charge is -2.48. The first-order valence-electron chi connectivity index (χ1n) is 14.6. The lowest BCUT2D eigenvalue weighted by molar-refractivity contribution is -0.144. The van der Waals surface area contributed by atoms with Crippen molar-refractivity contribution in [3.8, 4) is 0 Å². The Kier molecular flexibility index (Phi) is 10.8. The van der Waals surface area contributed by atoms with Gasteiger partial charge in [-0.25, -0.2) is 4.39 Å². The molecule has 46 heavy (non-hydrogen) atoms. The van der Waals surface area contributed by atoms with E-state index in [1.807, 2.05) is 17.0 Å². The molecule has 0 heterocycles. The van der Waals surface area contributed by atoms with Crippen LogP contribution in [0.15, 0.2) is 72.8 Å². The van der Waals surface area contributed by atoms with Crippen LogP contribution in [-0.4, -0.2) is 59.5 Å². The summed E-state index contributed by atoms with van der Waals surface area (Å²) in [6.45, 7) is -0.0993. The molecule has 1 fully saturated rings. The third-order valence-corrected chi connectivity index (χ3v) is 8.49. The van der Waals surface area contributed by atoms with Crippen molar-refractivity contribution in [1.82, 2.24) is 9.80 Å². The topological polar surface area (TPSA) is 72.9 Å². The Balaban J connectivity index is 1.54. The Bertz CT molecular complexity index is 1450. The number of carbonyl (C=O) groups excluding carboxylic acids is 2. The van der Waals surface area contributed by atoms with E-state index >= 15 is 0 Å². The van der Waals surface area contributed by atoms with Crippen LogP contribution in [0.3, 0.4) is 0 Å². The van der Waals surface area contributed by atoms with Gasteiger partial charge in [-0.05, 0) is 79.3 Å². The first-order valence-corrected chi connectivity index (χ1v) is 14.6. The fourth-order valence-electron chi connectivity index (χ4n) is 6.10. The molecule has 6 nitrogen and oxygen atoms in total. The Morgan fingerprint density at radius 3 is 1.98 bits per heavy atom. The van der Waals surface area contributed by atoms with Crippen molar-refractivity contribution >= 4 is 17.5 Å². The molecule has 1 aliphatic rings. The number of hydrogen-bond acceptors (Lipinski definition) is 4. The predicted octanol–water partition coefficient (Wildman–Crippen LogP) is 6.64. The van der Waals surface area contributed by atoms with Gasteiger partial charge >= 0.3 is 12.4 Å². The van der Waals surface area contributed by atoms with E-state index < -0.39 is 52.7 Å². The van der Waals surface area contributed by atoms with Crippen LogP contribution < -0.4 is 5.32 Å². The molecule has 13 heteroatoms. The molecule has 248 valence electrons. The van der Waals surface area contributed by atoms with E-state index in [4.69, 9.17) is 0 Å². The molecule has 0 unspecified atom stereocenters. The number of aliphatic hydroxyl groups excluding tert-OH is 1. The van der Waals surface area contributed by atoms with E-state index in [1.165, 1.54) is 36.2 Å². The highest BCUT2D eigenvalue weighted by Gasteiger charge is 2.44. The molecule has 1 saturated carbocycles. The van der Waals surface area contributed by atoms with Gasteiger partial charge in [0.25, 0.3) is 0 Å². The van der Waals surface area contributed by atoms with Crippen LogP contribution in [0.4, 0.5) is 36.4 Å². The Labute approximate surface area is 261 Å². The van der Waals surface area contributed by atoms with Crippen molar-refractivity contribution in [2.45, 2.75) is 56.0 Å². The van der Waals surface area contributed by atoms with Gasteiger partial charge in [-0.1, -0.05) is 30.3 Å². The number of amides is 2. The number of anilines is 1. The normalized spacial score (nSPS) is 18.8. The molecule has 2 amide bonds. The summed E-state index contributed by atoms with van der Waals surface area (Å²) in [6.07, 6.45) is -9.06. The Morgan fingerprint density at radius 1 is 0.891 bits per heavy atom. The van der Waals surface area contributed by atoms with Crippen LogP contribution in [0.25, 0.3) is 0 Å². The number of benzene rings is 3. The zero-order valence-corrected chi connectivity index (χ0v) is 25.0. The molecular formula is C33H34F7N3O3. The second-order valence-electron chi connectivity index (χ2n) is 11.4. The monoisotopic (exact) mass is 653 g/mol. The van der Waals surface area contributed by atoms with Crippen LogP contribution in [-0.2, 0) is 33.9 Å². The maximum Gasteiger partial charge on any atom is 0.416 e. The minimum absolute atomic E-state index is 0.0302.